The first-order valence-corrected chi connectivity index (χ1v) is 4.71. The van der Waals surface area contributed by atoms with E-state index in [0.717, 1.165) is 0 Å². The third-order valence-corrected chi connectivity index (χ3v) is 3.11. The van der Waals surface area contributed by atoms with Crippen molar-refractivity contribution < 1.29 is 0 Å². The Morgan fingerprint density at radius 1 is 1.71 bits per heavy atom. The Balaban J connectivity index is 2.50. The van der Waals surface area contributed by atoms with Gasteiger partial charge in [0.2, 0.25) is 0 Å². The molecule has 1 heteroatoms. The maximum atomic E-state index is 2.43. The lowest BCUT2D eigenvalue weighted by Gasteiger charge is -1.91. The number of hydrogen-bond donors (Lipinski definition) is 0. The van der Waals surface area contributed by atoms with Crippen molar-refractivity contribution in [1.29, 1.82) is 0 Å². The van der Waals surface area contributed by atoms with Crippen LogP contribution < -0.4 is 0 Å². The highest BCUT2D eigenvalue weighted by Crippen LogP contribution is 2.41. The second-order valence-corrected chi connectivity index (χ2v) is 4.43. The van der Waals surface area contributed by atoms with Gasteiger partial charge in [0.15, 0.2) is 0 Å². The predicted octanol–water partition coefficient (Wildman–Crippen LogP) is 2.41. The van der Waals surface area contributed by atoms with Crippen molar-refractivity contribution in [2.75, 3.05) is 12.8 Å². The average Bonchev–Trinajstić information content (AvgIpc) is 1.87. The van der Waals surface area contributed by atoms with E-state index in [1.54, 1.807) is 5.57 Å². The van der Waals surface area contributed by atoms with E-state index in [4.69, 9.17) is 0 Å². The summed E-state index contributed by atoms with van der Waals surface area (Å²) in [5.41, 5.74) is 1.61. The zero-order chi connectivity index (χ0) is 5.28. The molecule has 0 bridgehead atoms. The van der Waals surface area contributed by atoms with Crippen LogP contribution in [0.15, 0.2) is 11.4 Å². The quantitative estimate of drug-likeness (QED) is 0.424. The topological polar surface area (TPSA) is 0 Å². The standard InChI is InChI=1S/C6H11P/c1-6-3-4-7(2)5-6/h5H,3-4H2,1-2H3. The van der Waals surface area contributed by atoms with Crippen LogP contribution in [0.5, 0.6) is 0 Å². The Kier molecular flexibility index (Phi) is 1.49. The molecular formula is C6H11P. The van der Waals surface area contributed by atoms with E-state index in [2.05, 4.69) is 19.4 Å². The number of allylic oxidation sites excluding steroid dienone is 1. The molecule has 0 radical (unpaired) electrons. The largest absolute Gasteiger partial charge is 0.0862 e. The van der Waals surface area contributed by atoms with Crippen LogP contribution in [-0.2, 0) is 0 Å². The Morgan fingerprint density at radius 3 is 2.57 bits per heavy atom. The molecule has 1 unspecified atom stereocenters. The molecule has 0 N–H and O–H groups in total. The molecule has 0 amide bonds. The average molecular weight is 114 g/mol. The van der Waals surface area contributed by atoms with Gasteiger partial charge in [0.1, 0.15) is 0 Å². The van der Waals surface area contributed by atoms with E-state index in [-0.39, 0.29) is 0 Å². The zero-order valence-corrected chi connectivity index (χ0v) is 5.83. The van der Waals surface area contributed by atoms with Gasteiger partial charge in [0.05, 0.1) is 0 Å². The van der Waals surface area contributed by atoms with Gasteiger partial charge in [-0.15, -0.1) is 0 Å². The third-order valence-electron chi connectivity index (χ3n) is 1.30. The number of rotatable bonds is 0. The van der Waals surface area contributed by atoms with Crippen molar-refractivity contribution in [2.24, 2.45) is 0 Å². The van der Waals surface area contributed by atoms with Gasteiger partial charge in [-0.2, -0.15) is 0 Å². The van der Waals surface area contributed by atoms with Crippen molar-refractivity contribution in [1.82, 2.24) is 0 Å². The first-order valence-electron chi connectivity index (χ1n) is 2.66. The summed E-state index contributed by atoms with van der Waals surface area (Å²) in [6.07, 6.45) is 2.81. The van der Waals surface area contributed by atoms with Crippen molar-refractivity contribution in [2.45, 2.75) is 13.3 Å². The number of hydrogen-bond acceptors (Lipinski definition) is 0. The van der Waals surface area contributed by atoms with E-state index in [1.807, 2.05) is 0 Å². The van der Waals surface area contributed by atoms with Gasteiger partial charge in [-0.05, 0) is 26.2 Å². The molecule has 0 aromatic rings. The second-order valence-electron chi connectivity index (χ2n) is 2.21. The van der Waals surface area contributed by atoms with Crippen LogP contribution in [0, 0.1) is 0 Å². The highest BCUT2D eigenvalue weighted by atomic mass is 31.1. The van der Waals surface area contributed by atoms with Crippen molar-refractivity contribution in [3.8, 4) is 0 Å². The first-order chi connectivity index (χ1) is 3.29. The van der Waals surface area contributed by atoms with Crippen LogP contribution in [0.1, 0.15) is 13.3 Å². The fraction of sp³-hybridized carbons (Fsp3) is 0.667. The van der Waals surface area contributed by atoms with Gasteiger partial charge in [-0.1, -0.05) is 19.3 Å². The summed E-state index contributed by atoms with van der Waals surface area (Å²) in [6, 6.07) is 0. The van der Waals surface area contributed by atoms with Crippen LogP contribution in [0.2, 0.25) is 0 Å². The molecule has 0 saturated heterocycles. The van der Waals surface area contributed by atoms with E-state index >= 15 is 0 Å². The molecule has 0 saturated carbocycles. The summed E-state index contributed by atoms with van der Waals surface area (Å²) in [7, 11) is 0.334. The molecule has 0 aromatic heterocycles. The van der Waals surface area contributed by atoms with Crippen LogP contribution in [0.4, 0.5) is 0 Å². The summed E-state index contributed by atoms with van der Waals surface area (Å²) < 4.78 is 0. The lowest BCUT2D eigenvalue weighted by Crippen LogP contribution is -1.68. The molecule has 1 aliphatic heterocycles. The molecule has 0 fully saturated rings. The lowest BCUT2D eigenvalue weighted by molar-refractivity contribution is 1.14. The molecule has 1 rings (SSSR count). The normalized spacial score (nSPS) is 30.6. The Morgan fingerprint density at radius 2 is 2.43 bits per heavy atom. The van der Waals surface area contributed by atoms with Crippen LogP contribution >= 0.6 is 7.92 Å². The molecule has 0 aliphatic carbocycles. The molecule has 40 valence electrons. The molecule has 1 atom stereocenters. The smallest absolute Gasteiger partial charge is 0.0256 e. The van der Waals surface area contributed by atoms with Crippen LogP contribution in [0.3, 0.4) is 0 Å². The maximum Gasteiger partial charge on any atom is -0.0256 e. The van der Waals surface area contributed by atoms with Gasteiger partial charge >= 0.3 is 0 Å². The maximum absolute atomic E-state index is 2.43. The van der Waals surface area contributed by atoms with Gasteiger partial charge in [-0.25, -0.2) is 0 Å². The predicted molar refractivity (Wildman–Crippen MR) is 36.1 cm³/mol. The van der Waals surface area contributed by atoms with E-state index in [1.165, 1.54) is 12.6 Å². The summed E-state index contributed by atoms with van der Waals surface area (Å²) in [5, 5.41) is 0. The summed E-state index contributed by atoms with van der Waals surface area (Å²) in [4.78, 5) is 0. The fourth-order valence-electron chi connectivity index (χ4n) is 0.858. The Hall–Kier alpha value is 0.170. The second kappa shape index (κ2) is 1.96. The minimum atomic E-state index is 0.334. The lowest BCUT2D eigenvalue weighted by atomic mass is 10.3. The van der Waals surface area contributed by atoms with Gasteiger partial charge in [0.25, 0.3) is 0 Å². The van der Waals surface area contributed by atoms with Crippen molar-refractivity contribution in [3.05, 3.63) is 11.4 Å². The molecule has 0 spiro atoms. The first kappa shape index (κ1) is 5.31. The molecule has 0 nitrogen and oxygen atoms in total. The SMILES string of the molecule is CC1=CP(C)CC1. The summed E-state index contributed by atoms with van der Waals surface area (Å²) in [6.45, 7) is 4.57. The minimum absolute atomic E-state index is 0.334. The zero-order valence-electron chi connectivity index (χ0n) is 4.94. The minimum Gasteiger partial charge on any atom is -0.0862 e. The van der Waals surface area contributed by atoms with Crippen molar-refractivity contribution in [3.63, 3.8) is 0 Å². The van der Waals surface area contributed by atoms with E-state index in [0.29, 0.717) is 7.92 Å². The van der Waals surface area contributed by atoms with Crippen molar-refractivity contribution >= 4 is 7.92 Å². The molecule has 1 aliphatic rings. The molecule has 0 aromatic carbocycles. The van der Waals surface area contributed by atoms with Gasteiger partial charge < -0.3 is 0 Å². The molecule has 1 heterocycles. The molecule has 7 heavy (non-hydrogen) atoms. The monoisotopic (exact) mass is 114 g/mol. The summed E-state index contributed by atoms with van der Waals surface area (Å²) in [5.74, 6) is 2.43. The summed E-state index contributed by atoms with van der Waals surface area (Å²) >= 11 is 0. The highest BCUT2D eigenvalue weighted by Gasteiger charge is 2.04. The van der Waals surface area contributed by atoms with Gasteiger partial charge in [0, 0.05) is 0 Å². The van der Waals surface area contributed by atoms with E-state index in [9.17, 15) is 0 Å². The molecular weight excluding hydrogens is 103 g/mol. The van der Waals surface area contributed by atoms with Crippen LogP contribution in [-0.4, -0.2) is 12.8 Å². The Labute approximate surface area is 46.4 Å². The van der Waals surface area contributed by atoms with Gasteiger partial charge in [-0.3, -0.25) is 0 Å². The van der Waals surface area contributed by atoms with Crippen LogP contribution in [0.25, 0.3) is 0 Å². The fourth-order valence-corrected chi connectivity index (χ4v) is 2.57. The third kappa shape index (κ3) is 1.28. The van der Waals surface area contributed by atoms with E-state index < -0.39 is 0 Å². The highest BCUT2D eigenvalue weighted by molar-refractivity contribution is 7.60. The Bertz CT molecular complexity index is 94.4.